The number of amides is 1. The minimum absolute atomic E-state index is 0.0803. The fourth-order valence-electron chi connectivity index (χ4n) is 3.18. The van der Waals surface area contributed by atoms with Gasteiger partial charge in [-0.05, 0) is 53.9 Å². The molecule has 3 heterocycles. The van der Waals surface area contributed by atoms with Crippen LogP contribution in [0.4, 0.5) is 4.39 Å². The Balaban J connectivity index is 1.66. The van der Waals surface area contributed by atoms with Crippen molar-refractivity contribution >= 4 is 5.91 Å². The molecule has 3 aromatic rings. The van der Waals surface area contributed by atoms with Gasteiger partial charge in [-0.1, -0.05) is 0 Å². The van der Waals surface area contributed by atoms with E-state index in [0.717, 1.165) is 11.1 Å². The van der Waals surface area contributed by atoms with Crippen molar-refractivity contribution in [1.82, 2.24) is 14.5 Å². The van der Waals surface area contributed by atoms with Gasteiger partial charge in [-0.25, -0.2) is 4.39 Å². The molecule has 130 valence electrons. The van der Waals surface area contributed by atoms with E-state index >= 15 is 0 Å². The molecule has 2 aromatic heterocycles. The second kappa shape index (κ2) is 6.55. The van der Waals surface area contributed by atoms with Gasteiger partial charge in [0, 0.05) is 43.4 Å². The highest BCUT2D eigenvalue weighted by atomic mass is 19.1. The van der Waals surface area contributed by atoms with Crippen molar-refractivity contribution in [2.24, 2.45) is 0 Å². The number of carbonyl (C=O) groups excluding carboxylic acids is 1. The fourth-order valence-corrected chi connectivity index (χ4v) is 3.18. The summed E-state index contributed by atoms with van der Waals surface area (Å²) >= 11 is 0. The van der Waals surface area contributed by atoms with Gasteiger partial charge >= 0.3 is 0 Å². The molecule has 0 aliphatic carbocycles. The van der Waals surface area contributed by atoms with Crippen LogP contribution in [-0.4, -0.2) is 26.9 Å². The summed E-state index contributed by atoms with van der Waals surface area (Å²) in [6, 6.07) is 10.8. The monoisotopic (exact) mass is 349 g/mol. The molecular formula is C20H16FN3O2. The van der Waals surface area contributed by atoms with Gasteiger partial charge in [-0.15, -0.1) is 0 Å². The van der Waals surface area contributed by atoms with Crippen LogP contribution in [-0.2, 0) is 13.0 Å². The first-order valence-electron chi connectivity index (χ1n) is 8.31. The predicted molar refractivity (Wildman–Crippen MR) is 94.7 cm³/mol. The molecule has 0 saturated carbocycles. The first-order chi connectivity index (χ1) is 12.6. The van der Waals surface area contributed by atoms with Crippen LogP contribution < -0.4 is 5.56 Å². The standard InChI is InChI=1S/C20H16FN3O2/c21-17-3-5-18(6-4-17)24-13-16-12-23(9-7-14(16)10-19(24)25)20(26)15-2-1-8-22-11-15/h1-6,8,10-11,13H,7,9,12H2. The molecule has 0 N–H and O–H groups in total. The third kappa shape index (κ3) is 3.01. The molecule has 1 aromatic carbocycles. The summed E-state index contributed by atoms with van der Waals surface area (Å²) in [4.78, 5) is 30.8. The van der Waals surface area contributed by atoms with Crippen LogP contribution in [0.25, 0.3) is 5.69 Å². The Morgan fingerprint density at radius 1 is 1.12 bits per heavy atom. The van der Waals surface area contributed by atoms with E-state index in [1.807, 2.05) is 0 Å². The SMILES string of the molecule is O=C(c1cccnc1)N1CCc2cc(=O)n(-c3ccc(F)cc3)cc2C1. The van der Waals surface area contributed by atoms with Crippen LogP contribution in [0.3, 0.4) is 0 Å². The Labute approximate surface area is 149 Å². The second-order valence-corrected chi connectivity index (χ2v) is 6.23. The van der Waals surface area contributed by atoms with E-state index in [-0.39, 0.29) is 17.3 Å². The van der Waals surface area contributed by atoms with Gasteiger partial charge in [0.2, 0.25) is 0 Å². The number of carbonyl (C=O) groups is 1. The lowest BCUT2D eigenvalue weighted by molar-refractivity contribution is 0.0734. The van der Waals surface area contributed by atoms with E-state index in [1.165, 1.54) is 16.7 Å². The lowest BCUT2D eigenvalue weighted by atomic mass is 10.0. The average Bonchev–Trinajstić information content (AvgIpc) is 2.68. The van der Waals surface area contributed by atoms with Gasteiger partial charge < -0.3 is 4.90 Å². The lowest BCUT2D eigenvalue weighted by Gasteiger charge is -2.29. The molecule has 1 amide bonds. The summed E-state index contributed by atoms with van der Waals surface area (Å²) in [6.07, 6.45) is 5.55. The van der Waals surface area contributed by atoms with Crippen molar-refractivity contribution < 1.29 is 9.18 Å². The van der Waals surface area contributed by atoms with Crippen molar-refractivity contribution in [1.29, 1.82) is 0 Å². The normalized spacial score (nSPS) is 13.3. The molecule has 1 aliphatic rings. The highest BCUT2D eigenvalue weighted by Gasteiger charge is 2.23. The minimum atomic E-state index is -0.354. The van der Waals surface area contributed by atoms with E-state index in [4.69, 9.17) is 0 Å². The molecule has 0 radical (unpaired) electrons. The lowest BCUT2D eigenvalue weighted by Crippen LogP contribution is -2.37. The molecule has 5 nitrogen and oxygen atoms in total. The molecule has 26 heavy (non-hydrogen) atoms. The molecule has 6 heteroatoms. The number of pyridine rings is 2. The van der Waals surface area contributed by atoms with Gasteiger partial charge in [0.25, 0.3) is 11.5 Å². The number of nitrogens with zero attached hydrogens (tertiary/aromatic N) is 3. The number of hydrogen-bond acceptors (Lipinski definition) is 3. The van der Waals surface area contributed by atoms with Crippen molar-refractivity contribution in [3.8, 4) is 5.69 Å². The Bertz CT molecular complexity index is 1010. The molecule has 1 aliphatic heterocycles. The van der Waals surface area contributed by atoms with Crippen LogP contribution in [0.5, 0.6) is 0 Å². The molecule has 0 bridgehead atoms. The Morgan fingerprint density at radius 3 is 2.65 bits per heavy atom. The zero-order valence-corrected chi connectivity index (χ0v) is 13.9. The first kappa shape index (κ1) is 16.2. The van der Waals surface area contributed by atoms with E-state index in [2.05, 4.69) is 4.98 Å². The van der Waals surface area contributed by atoms with Gasteiger partial charge in [0.15, 0.2) is 0 Å². The number of halogens is 1. The Morgan fingerprint density at radius 2 is 1.92 bits per heavy atom. The van der Waals surface area contributed by atoms with Crippen molar-refractivity contribution in [3.05, 3.63) is 93.9 Å². The third-order valence-corrected chi connectivity index (χ3v) is 4.55. The predicted octanol–water partition coefficient (Wildman–Crippen LogP) is 2.57. The summed E-state index contributed by atoms with van der Waals surface area (Å²) in [6.45, 7) is 0.977. The van der Waals surface area contributed by atoms with Crippen LogP contribution in [0.15, 0.2) is 65.8 Å². The van der Waals surface area contributed by atoms with Crippen molar-refractivity contribution in [2.75, 3.05) is 6.54 Å². The molecule has 0 saturated heterocycles. The summed E-state index contributed by atoms with van der Waals surface area (Å²) in [5.41, 5.74) is 2.83. The molecule has 0 atom stereocenters. The van der Waals surface area contributed by atoms with Crippen LogP contribution in [0.1, 0.15) is 21.5 Å². The van der Waals surface area contributed by atoms with Gasteiger partial charge in [-0.3, -0.25) is 19.1 Å². The summed E-state index contributed by atoms with van der Waals surface area (Å²) < 4.78 is 14.6. The van der Waals surface area contributed by atoms with Gasteiger partial charge in [0.05, 0.1) is 5.56 Å². The average molecular weight is 349 g/mol. The van der Waals surface area contributed by atoms with Gasteiger partial charge in [-0.2, -0.15) is 0 Å². The molecule has 0 spiro atoms. The maximum atomic E-state index is 13.1. The number of rotatable bonds is 2. The third-order valence-electron chi connectivity index (χ3n) is 4.55. The zero-order chi connectivity index (χ0) is 18.1. The van der Waals surface area contributed by atoms with E-state index < -0.39 is 0 Å². The molecule has 4 rings (SSSR count). The topological polar surface area (TPSA) is 55.2 Å². The van der Waals surface area contributed by atoms with E-state index in [0.29, 0.717) is 30.8 Å². The quantitative estimate of drug-likeness (QED) is 0.715. The number of hydrogen-bond donors (Lipinski definition) is 0. The molecule has 0 unspecified atom stereocenters. The molecule has 0 fully saturated rings. The summed E-state index contributed by atoms with van der Waals surface area (Å²) in [7, 11) is 0. The van der Waals surface area contributed by atoms with E-state index in [9.17, 15) is 14.0 Å². The maximum Gasteiger partial charge on any atom is 0.255 e. The van der Waals surface area contributed by atoms with Crippen molar-refractivity contribution in [3.63, 3.8) is 0 Å². The smallest absolute Gasteiger partial charge is 0.255 e. The Kier molecular flexibility index (Phi) is 4.08. The second-order valence-electron chi connectivity index (χ2n) is 6.23. The van der Waals surface area contributed by atoms with E-state index in [1.54, 1.807) is 53.8 Å². The van der Waals surface area contributed by atoms with Crippen LogP contribution in [0.2, 0.25) is 0 Å². The number of benzene rings is 1. The maximum absolute atomic E-state index is 13.1. The summed E-state index contributed by atoms with van der Waals surface area (Å²) in [5.74, 6) is -0.434. The van der Waals surface area contributed by atoms with Gasteiger partial charge in [0.1, 0.15) is 5.82 Å². The highest BCUT2D eigenvalue weighted by Crippen LogP contribution is 2.20. The summed E-state index contributed by atoms with van der Waals surface area (Å²) in [5, 5.41) is 0. The van der Waals surface area contributed by atoms with Crippen LogP contribution >= 0.6 is 0 Å². The highest BCUT2D eigenvalue weighted by molar-refractivity contribution is 5.94. The molecular weight excluding hydrogens is 333 g/mol. The van der Waals surface area contributed by atoms with Crippen LogP contribution in [0, 0.1) is 5.82 Å². The minimum Gasteiger partial charge on any atom is -0.334 e. The Hall–Kier alpha value is -3.28. The zero-order valence-electron chi connectivity index (χ0n) is 13.9. The largest absolute Gasteiger partial charge is 0.334 e. The first-order valence-corrected chi connectivity index (χ1v) is 8.31. The number of fused-ring (bicyclic) bond motifs is 1. The van der Waals surface area contributed by atoms with Crippen molar-refractivity contribution in [2.45, 2.75) is 13.0 Å². The number of aromatic nitrogens is 2. The fraction of sp³-hybridized carbons (Fsp3) is 0.150.